The Morgan fingerprint density at radius 2 is 1.31 bits per heavy atom. The lowest BCUT2D eigenvalue weighted by Gasteiger charge is -2.32. The monoisotopic (exact) mass is 474 g/mol. The molecule has 0 N–H and O–H groups in total. The minimum absolute atomic E-state index is 0.316. The van der Waals surface area contributed by atoms with Crippen LogP contribution in [-0.2, 0) is 12.8 Å². The van der Waals surface area contributed by atoms with Crippen molar-refractivity contribution in [1.29, 1.82) is 0 Å². The average Bonchev–Trinajstić information content (AvgIpc) is 3.16. The van der Waals surface area contributed by atoms with Crippen molar-refractivity contribution < 1.29 is 0 Å². The van der Waals surface area contributed by atoms with E-state index >= 15 is 0 Å². The highest BCUT2D eigenvalue weighted by Crippen LogP contribution is 2.48. The van der Waals surface area contributed by atoms with Gasteiger partial charge < -0.3 is 0 Å². The van der Waals surface area contributed by atoms with Crippen molar-refractivity contribution >= 4 is 26.7 Å². The third kappa shape index (κ3) is 2.81. The maximum atomic E-state index is 3.67. The largest absolute Gasteiger partial charge is 0.0794 e. The fourth-order valence-electron chi connectivity index (χ4n) is 6.16. The lowest BCUT2D eigenvalue weighted by Crippen LogP contribution is -2.24. The number of allylic oxidation sites excluding steroid dienone is 4. The van der Waals surface area contributed by atoms with Crippen LogP contribution in [0.4, 0.5) is 0 Å². The molecule has 0 spiro atoms. The van der Waals surface area contributed by atoms with Gasteiger partial charge in [-0.2, -0.15) is 0 Å². The quantitative estimate of drug-likeness (QED) is 0.229. The number of rotatable bonds is 1. The smallest absolute Gasteiger partial charge is 0.0352 e. The molecule has 3 aliphatic carbocycles. The Morgan fingerprint density at radius 3 is 2.06 bits per heavy atom. The Labute approximate surface area is 197 Å². The van der Waals surface area contributed by atoms with Crippen LogP contribution in [0.15, 0.2) is 102 Å². The van der Waals surface area contributed by atoms with Gasteiger partial charge in [0.25, 0.3) is 0 Å². The van der Waals surface area contributed by atoms with Gasteiger partial charge >= 0.3 is 0 Å². The molecule has 3 aliphatic rings. The lowest BCUT2D eigenvalue weighted by molar-refractivity contribution is 0.437. The molecule has 2 atom stereocenters. The van der Waals surface area contributed by atoms with Gasteiger partial charge in [-0.25, -0.2) is 0 Å². The molecule has 0 radical (unpaired) electrons. The Balaban J connectivity index is 1.34. The second-order valence-corrected chi connectivity index (χ2v) is 10.4. The van der Waals surface area contributed by atoms with Gasteiger partial charge in [-0.15, -0.1) is 0 Å². The predicted molar refractivity (Wildman–Crippen MR) is 137 cm³/mol. The van der Waals surface area contributed by atoms with Gasteiger partial charge in [0, 0.05) is 10.4 Å². The van der Waals surface area contributed by atoms with Gasteiger partial charge in [0.2, 0.25) is 0 Å². The molecule has 0 amide bonds. The summed E-state index contributed by atoms with van der Waals surface area (Å²) >= 11 is 3.67. The molecule has 0 nitrogen and oxygen atoms in total. The summed E-state index contributed by atoms with van der Waals surface area (Å²) in [6.07, 6.45) is 9.30. The minimum Gasteiger partial charge on any atom is -0.0794 e. The molecule has 0 saturated carbocycles. The number of hydrogen-bond donors (Lipinski definition) is 0. The molecule has 0 bridgehead atoms. The van der Waals surface area contributed by atoms with Crippen LogP contribution in [0.3, 0.4) is 0 Å². The van der Waals surface area contributed by atoms with Crippen LogP contribution >= 0.6 is 15.9 Å². The molecule has 2 unspecified atom stereocenters. The van der Waals surface area contributed by atoms with Crippen molar-refractivity contribution in [3.05, 3.63) is 129 Å². The van der Waals surface area contributed by atoms with Crippen molar-refractivity contribution in [2.45, 2.75) is 18.8 Å². The van der Waals surface area contributed by atoms with Crippen molar-refractivity contribution in [3.63, 3.8) is 0 Å². The van der Waals surface area contributed by atoms with E-state index in [-0.39, 0.29) is 0 Å². The molecule has 32 heavy (non-hydrogen) atoms. The Hall–Kier alpha value is -2.90. The van der Waals surface area contributed by atoms with Crippen LogP contribution in [0, 0.1) is 11.8 Å². The second-order valence-electron chi connectivity index (χ2n) is 9.48. The number of fused-ring (bicyclic) bond motifs is 6. The molecular formula is C31H23Br. The van der Waals surface area contributed by atoms with Gasteiger partial charge in [0.15, 0.2) is 0 Å². The molecular weight excluding hydrogens is 452 g/mol. The summed E-state index contributed by atoms with van der Waals surface area (Å²) in [6, 6.07) is 29.9. The highest BCUT2D eigenvalue weighted by molar-refractivity contribution is 9.11. The zero-order valence-corrected chi connectivity index (χ0v) is 19.3. The van der Waals surface area contributed by atoms with E-state index < -0.39 is 0 Å². The van der Waals surface area contributed by atoms with Crippen molar-refractivity contribution in [2.24, 2.45) is 11.8 Å². The minimum atomic E-state index is 0.316. The molecule has 0 heterocycles. The molecule has 0 saturated heterocycles. The summed E-state index contributed by atoms with van der Waals surface area (Å²) in [6.45, 7) is 0. The summed E-state index contributed by atoms with van der Waals surface area (Å²) in [5, 5.41) is 2.73. The fraction of sp³-hybridized carbons (Fsp3) is 0.161. The summed E-state index contributed by atoms with van der Waals surface area (Å²) < 4.78 is 1.23. The first-order chi connectivity index (χ1) is 15.7. The van der Waals surface area contributed by atoms with Gasteiger partial charge in [-0.05, 0) is 74.4 Å². The maximum absolute atomic E-state index is 3.67. The van der Waals surface area contributed by atoms with E-state index in [1.165, 1.54) is 54.2 Å². The summed E-state index contributed by atoms with van der Waals surface area (Å²) in [5.74, 6) is 1.55. The van der Waals surface area contributed by atoms with Crippen LogP contribution < -0.4 is 0 Å². The van der Waals surface area contributed by atoms with E-state index in [0.29, 0.717) is 17.8 Å². The fourth-order valence-corrected chi connectivity index (χ4v) is 6.66. The van der Waals surface area contributed by atoms with Gasteiger partial charge in [0.05, 0.1) is 0 Å². The first-order valence-electron chi connectivity index (χ1n) is 11.5. The van der Waals surface area contributed by atoms with E-state index in [9.17, 15) is 0 Å². The van der Waals surface area contributed by atoms with Crippen LogP contribution in [-0.4, -0.2) is 0 Å². The van der Waals surface area contributed by atoms with Crippen molar-refractivity contribution in [1.82, 2.24) is 0 Å². The SMILES string of the molecule is BrC1=CC2Cc3cc4ccc(C5c6ccccc6-c6ccccc65)cc4cc3CC2C=C1. The molecule has 154 valence electrons. The lowest BCUT2D eigenvalue weighted by atomic mass is 9.73. The third-order valence-electron chi connectivity index (χ3n) is 7.69. The van der Waals surface area contributed by atoms with E-state index in [4.69, 9.17) is 0 Å². The van der Waals surface area contributed by atoms with E-state index in [0.717, 1.165) is 12.8 Å². The highest BCUT2D eigenvalue weighted by atomic mass is 79.9. The maximum Gasteiger partial charge on any atom is 0.0352 e. The van der Waals surface area contributed by atoms with E-state index in [2.05, 4.69) is 113 Å². The van der Waals surface area contributed by atoms with Crippen LogP contribution in [0.1, 0.15) is 33.7 Å². The molecule has 0 fully saturated rings. The predicted octanol–water partition coefficient (Wildman–Crippen LogP) is 8.18. The molecule has 4 aromatic carbocycles. The number of halogens is 1. The van der Waals surface area contributed by atoms with Crippen molar-refractivity contribution in [2.75, 3.05) is 0 Å². The van der Waals surface area contributed by atoms with Gasteiger partial charge in [0.1, 0.15) is 0 Å². The zero-order valence-electron chi connectivity index (χ0n) is 17.8. The normalized spacial score (nSPS) is 21.0. The number of hydrogen-bond acceptors (Lipinski definition) is 0. The second kappa shape index (κ2) is 7.05. The van der Waals surface area contributed by atoms with Crippen LogP contribution in [0.2, 0.25) is 0 Å². The van der Waals surface area contributed by atoms with E-state index in [1.54, 1.807) is 0 Å². The summed E-state index contributed by atoms with van der Waals surface area (Å²) in [7, 11) is 0. The molecule has 0 aromatic heterocycles. The average molecular weight is 475 g/mol. The van der Waals surface area contributed by atoms with E-state index in [1.807, 2.05) is 0 Å². The standard InChI is InChI=1S/C31H23Br/c32-26-12-11-20-14-23-16-22-15-21(10-9-19(22)13-24(23)17-25(20)18-26)31-29-7-3-1-5-27(29)28-6-2-4-8-30(28)31/h1-13,15-16,18,20,25,31H,14,17H2. The van der Waals surface area contributed by atoms with Crippen molar-refractivity contribution in [3.8, 4) is 11.1 Å². The topological polar surface area (TPSA) is 0 Å². The summed E-state index contributed by atoms with van der Waals surface area (Å²) in [4.78, 5) is 0. The van der Waals surface area contributed by atoms with Gasteiger partial charge in [-0.3, -0.25) is 0 Å². The zero-order chi connectivity index (χ0) is 21.2. The van der Waals surface area contributed by atoms with Crippen LogP contribution in [0.25, 0.3) is 21.9 Å². The number of benzene rings is 4. The summed E-state index contributed by atoms with van der Waals surface area (Å²) in [5.41, 5.74) is 10.1. The molecule has 0 aliphatic heterocycles. The highest BCUT2D eigenvalue weighted by Gasteiger charge is 2.30. The first-order valence-corrected chi connectivity index (χ1v) is 12.3. The molecule has 4 aromatic rings. The van der Waals surface area contributed by atoms with Crippen LogP contribution in [0.5, 0.6) is 0 Å². The molecule has 7 rings (SSSR count). The Kier molecular flexibility index (Phi) is 4.11. The third-order valence-corrected chi connectivity index (χ3v) is 8.22. The molecule has 1 heteroatoms. The van der Waals surface area contributed by atoms with Gasteiger partial charge in [-0.1, -0.05) is 113 Å². The Bertz CT molecular complexity index is 1410. The first kappa shape index (κ1) is 18.7. The Morgan fingerprint density at radius 1 is 0.656 bits per heavy atom.